The maximum absolute atomic E-state index is 12.1. The molecule has 3 nitrogen and oxygen atoms in total. The van der Waals surface area contributed by atoms with Crippen LogP contribution < -0.4 is 5.73 Å². The molecule has 0 saturated carbocycles. The van der Waals surface area contributed by atoms with Gasteiger partial charge in [-0.1, -0.05) is 30.3 Å². The van der Waals surface area contributed by atoms with Gasteiger partial charge >= 0.3 is 0 Å². The van der Waals surface area contributed by atoms with Gasteiger partial charge in [0, 0.05) is 19.0 Å². The predicted octanol–water partition coefficient (Wildman–Crippen LogP) is 2.09. The molecule has 0 spiro atoms. The van der Waals surface area contributed by atoms with E-state index in [0.717, 1.165) is 19.4 Å². The third kappa shape index (κ3) is 2.86. The first kappa shape index (κ1) is 12.1. The zero-order chi connectivity index (χ0) is 12.3. The number of nitrogens with zero attached hydrogens (tertiary/aromatic N) is 1. The fourth-order valence-electron chi connectivity index (χ4n) is 2.48. The van der Waals surface area contributed by atoms with Crippen LogP contribution >= 0.6 is 0 Å². The Kier molecular flexibility index (Phi) is 3.79. The molecule has 2 atom stereocenters. The molecule has 1 fully saturated rings. The number of benzene rings is 1. The SMILES string of the molecule is CC(N)CC(=O)N1CCCC1c1ccccc1. The van der Waals surface area contributed by atoms with E-state index in [4.69, 9.17) is 5.73 Å². The summed E-state index contributed by atoms with van der Waals surface area (Å²) in [6, 6.07) is 10.5. The van der Waals surface area contributed by atoms with Crippen LogP contribution in [0.15, 0.2) is 30.3 Å². The number of nitrogens with two attached hydrogens (primary N) is 1. The molecule has 1 aliphatic heterocycles. The van der Waals surface area contributed by atoms with Crippen molar-refractivity contribution < 1.29 is 4.79 Å². The molecule has 17 heavy (non-hydrogen) atoms. The first-order valence-corrected chi connectivity index (χ1v) is 6.28. The van der Waals surface area contributed by atoms with Crippen molar-refractivity contribution in [1.82, 2.24) is 4.90 Å². The van der Waals surface area contributed by atoms with Gasteiger partial charge in [-0.15, -0.1) is 0 Å². The minimum Gasteiger partial charge on any atom is -0.336 e. The van der Waals surface area contributed by atoms with E-state index >= 15 is 0 Å². The van der Waals surface area contributed by atoms with Gasteiger partial charge in [0.15, 0.2) is 0 Å². The van der Waals surface area contributed by atoms with Gasteiger partial charge in [-0.05, 0) is 25.3 Å². The number of rotatable bonds is 3. The average Bonchev–Trinajstić information content (AvgIpc) is 2.78. The van der Waals surface area contributed by atoms with Crippen molar-refractivity contribution in [2.45, 2.75) is 38.3 Å². The minimum absolute atomic E-state index is 0.0560. The molecule has 3 heteroatoms. The third-order valence-electron chi connectivity index (χ3n) is 3.25. The molecule has 0 aliphatic carbocycles. The summed E-state index contributed by atoms with van der Waals surface area (Å²) in [5.41, 5.74) is 6.94. The van der Waals surface area contributed by atoms with E-state index in [2.05, 4.69) is 12.1 Å². The van der Waals surface area contributed by atoms with E-state index in [0.29, 0.717) is 6.42 Å². The first-order valence-electron chi connectivity index (χ1n) is 6.28. The van der Waals surface area contributed by atoms with Crippen molar-refractivity contribution in [3.63, 3.8) is 0 Å². The molecule has 0 radical (unpaired) electrons. The van der Waals surface area contributed by atoms with Gasteiger partial charge in [0.2, 0.25) is 5.91 Å². The van der Waals surface area contributed by atoms with E-state index in [1.54, 1.807) is 0 Å². The Balaban J connectivity index is 2.10. The molecule has 1 saturated heterocycles. The number of carbonyl (C=O) groups is 1. The van der Waals surface area contributed by atoms with Crippen molar-refractivity contribution in [1.29, 1.82) is 0 Å². The normalized spacial score (nSPS) is 21.5. The molecule has 1 aromatic rings. The summed E-state index contributed by atoms with van der Waals surface area (Å²) >= 11 is 0. The highest BCUT2D eigenvalue weighted by atomic mass is 16.2. The molecular formula is C14H20N2O. The maximum Gasteiger partial charge on any atom is 0.224 e. The van der Waals surface area contributed by atoms with E-state index < -0.39 is 0 Å². The van der Waals surface area contributed by atoms with Gasteiger partial charge < -0.3 is 10.6 Å². The highest BCUT2D eigenvalue weighted by Gasteiger charge is 2.29. The van der Waals surface area contributed by atoms with Crippen LogP contribution in [-0.2, 0) is 4.79 Å². The summed E-state index contributed by atoms with van der Waals surface area (Å²) in [6.07, 6.45) is 2.60. The first-order chi connectivity index (χ1) is 8.18. The van der Waals surface area contributed by atoms with Crippen molar-refractivity contribution in [2.24, 2.45) is 5.73 Å². The van der Waals surface area contributed by atoms with Gasteiger partial charge in [-0.3, -0.25) is 4.79 Å². The largest absolute Gasteiger partial charge is 0.336 e. The molecule has 1 amide bonds. The second kappa shape index (κ2) is 5.32. The van der Waals surface area contributed by atoms with Crippen molar-refractivity contribution in [3.05, 3.63) is 35.9 Å². The summed E-state index contributed by atoms with van der Waals surface area (Å²) in [5.74, 6) is 0.186. The molecule has 0 bridgehead atoms. The van der Waals surface area contributed by atoms with Crippen LogP contribution in [0.3, 0.4) is 0 Å². The van der Waals surface area contributed by atoms with E-state index in [-0.39, 0.29) is 18.0 Å². The van der Waals surface area contributed by atoms with E-state index in [9.17, 15) is 4.79 Å². The van der Waals surface area contributed by atoms with Gasteiger partial charge in [-0.25, -0.2) is 0 Å². The third-order valence-corrected chi connectivity index (χ3v) is 3.25. The number of amides is 1. The Labute approximate surface area is 103 Å². The summed E-state index contributed by atoms with van der Waals surface area (Å²) in [5, 5.41) is 0. The van der Waals surface area contributed by atoms with Crippen LogP contribution in [0.2, 0.25) is 0 Å². The second-order valence-corrected chi connectivity index (χ2v) is 4.84. The Bertz CT molecular complexity index is 375. The lowest BCUT2D eigenvalue weighted by Crippen LogP contribution is -2.34. The van der Waals surface area contributed by atoms with Crippen molar-refractivity contribution in [3.8, 4) is 0 Å². The zero-order valence-corrected chi connectivity index (χ0v) is 10.3. The Morgan fingerprint density at radius 2 is 2.18 bits per heavy atom. The summed E-state index contributed by atoms with van der Waals surface area (Å²) in [7, 11) is 0. The van der Waals surface area contributed by atoms with Gasteiger partial charge in [0.25, 0.3) is 0 Å². The van der Waals surface area contributed by atoms with Crippen LogP contribution in [0, 0.1) is 0 Å². The van der Waals surface area contributed by atoms with Gasteiger partial charge in [0.05, 0.1) is 6.04 Å². The molecule has 2 unspecified atom stereocenters. The molecule has 92 valence electrons. The number of carbonyl (C=O) groups excluding carboxylic acids is 1. The Morgan fingerprint density at radius 3 is 2.82 bits per heavy atom. The van der Waals surface area contributed by atoms with Crippen LogP contribution in [0.4, 0.5) is 0 Å². The van der Waals surface area contributed by atoms with Gasteiger partial charge in [0.1, 0.15) is 0 Å². The number of likely N-dealkylation sites (tertiary alicyclic amines) is 1. The second-order valence-electron chi connectivity index (χ2n) is 4.84. The fraction of sp³-hybridized carbons (Fsp3) is 0.500. The molecule has 1 heterocycles. The highest BCUT2D eigenvalue weighted by Crippen LogP contribution is 2.32. The topological polar surface area (TPSA) is 46.3 Å². The number of hydrogen-bond acceptors (Lipinski definition) is 2. The lowest BCUT2D eigenvalue weighted by molar-refractivity contribution is -0.132. The van der Waals surface area contributed by atoms with E-state index in [1.807, 2.05) is 30.0 Å². The Morgan fingerprint density at radius 1 is 1.47 bits per heavy atom. The summed E-state index contributed by atoms with van der Waals surface area (Å²) < 4.78 is 0. The number of hydrogen-bond donors (Lipinski definition) is 1. The molecule has 0 aromatic heterocycles. The van der Waals surface area contributed by atoms with E-state index in [1.165, 1.54) is 5.56 Å². The van der Waals surface area contributed by atoms with Gasteiger partial charge in [-0.2, -0.15) is 0 Å². The molecule has 1 aliphatic rings. The van der Waals surface area contributed by atoms with Crippen molar-refractivity contribution in [2.75, 3.05) is 6.54 Å². The monoisotopic (exact) mass is 232 g/mol. The standard InChI is InChI=1S/C14H20N2O/c1-11(15)10-14(17)16-9-5-8-13(16)12-6-3-2-4-7-12/h2-4,6-7,11,13H,5,8-10,15H2,1H3. The highest BCUT2D eigenvalue weighted by molar-refractivity contribution is 5.77. The molecule has 1 aromatic carbocycles. The lowest BCUT2D eigenvalue weighted by Gasteiger charge is -2.25. The molecule has 2 rings (SSSR count). The fourth-order valence-corrected chi connectivity index (χ4v) is 2.48. The zero-order valence-electron chi connectivity index (χ0n) is 10.3. The van der Waals surface area contributed by atoms with Crippen LogP contribution in [0.5, 0.6) is 0 Å². The summed E-state index contributed by atoms with van der Waals surface area (Å²) in [4.78, 5) is 14.1. The van der Waals surface area contributed by atoms with Crippen LogP contribution in [0.1, 0.15) is 37.8 Å². The Hall–Kier alpha value is -1.35. The van der Waals surface area contributed by atoms with Crippen LogP contribution in [0.25, 0.3) is 0 Å². The maximum atomic E-state index is 12.1. The van der Waals surface area contributed by atoms with Crippen molar-refractivity contribution >= 4 is 5.91 Å². The summed E-state index contributed by atoms with van der Waals surface area (Å²) in [6.45, 7) is 2.75. The van der Waals surface area contributed by atoms with Crippen LogP contribution in [-0.4, -0.2) is 23.4 Å². The quantitative estimate of drug-likeness (QED) is 0.867. The molecule has 2 N–H and O–H groups in total. The minimum atomic E-state index is -0.0560. The molecular weight excluding hydrogens is 212 g/mol. The predicted molar refractivity (Wildman–Crippen MR) is 68.4 cm³/mol. The smallest absolute Gasteiger partial charge is 0.224 e. The average molecular weight is 232 g/mol. The lowest BCUT2D eigenvalue weighted by atomic mass is 10.0.